The molecule has 1 atom stereocenters. The fourth-order valence-corrected chi connectivity index (χ4v) is 4.51. The monoisotopic (exact) mass is 435 g/mol. The smallest absolute Gasteiger partial charge is 0.220 e. The van der Waals surface area contributed by atoms with E-state index in [1.807, 2.05) is 12.1 Å². The summed E-state index contributed by atoms with van der Waals surface area (Å²) in [7, 11) is 3.73. The summed E-state index contributed by atoms with van der Waals surface area (Å²) >= 11 is 0. The van der Waals surface area contributed by atoms with Gasteiger partial charge in [-0.15, -0.1) is 0 Å². The summed E-state index contributed by atoms with van der Waals surface area (Å²) in [6.07, 6.45) is 3.52. The lowest BCUT2D eigenvalue weighted by molar-refractivity contribution is -0.121. The van der Waals surface area contributed by atoms with Gasteiger partial charge in [0.1, 0.15) is 5.75 Å². The maximum absolute atomic E-state index is 12.9. The summed E-state index contributed by atoms with van der Waals surface area (Å²) in [5.74, 6) is 0.880. The maximum atomic E-state index is 12.9. The van der Waals surface area contributed by atoms with Gasteiger partial charge in [-0.25, -0.2) is 0 Å². The number of rotatable bonds is 9. The van der Waals surface area contributed by atoms with Crippen LogP contribution in [0.15, 0.2) is 54.7 Å². The second-order valence-electron chi connectivity index (χ2n) is 8.40. The number of para-hydroxylation sites is 1. The van der Waals surface area contributed by atoms with Crippen LogP contribution < -0.4 is 10.1 Å². The van der Waals surface area contributed by atoms with Crippen LogP contribution in [-0.2, 0) is 16.6 Å². The Balaban J connectivity index is 1.47. The lowest BCUT2D eigenvalue weighted by atomic mass is 9.88. The first-order chi connectivity index (χ1) is 15.7. The molecule has 0 bridgehead atoms. The summed E-state index contributed by atoms with van der Waals surface area (Å²) in [5, 5.41) is 4.33. The van der Waals surface area contributed by atoms with E-state index in [-0.39, 0.29) is 11.8 Å². The lowest BCUT2D eigenvalue weighted by Crippen LogP contribution is -2.38. The summed E-state index contributed by atoms with van der Waals surface area (Å²) in [4.78, 5) is 15.3. The summed E-state index contributed by atoms with van der Waals surface area (Å²) < 4.78 is 12.9. The molecule has 1 fully saturated rings. The van der Waals surface area contributed by atoms with Gasteiger partial charge in [-0.3, -0.25) is 9.69 Å². The Bertz CT molecular complexity index is 1020. The molecule has 1 unspecified atom stereocenters. The van der Waals surface area contributed by atoms with Crippen LogP contribution in [0.5, 0.6) is 5.75 Å². The molecule has 0 radical (unpaired) electrons. The number of amides is 1. The molecule has 1 aromatic heterocycles. The number of nitrogens with zero attached hydrogens (tertiary/aromatic N) is 2. The van der Waals surface area contributed by atoms with E-state index in [2.05, 4.69) is 64.4 Å². The molecule has 0 aliphatic carbocycles. The van der Waals surface area contributed by atoms with Crippen molar-refractivity contribution in [3.63, 3.8) is 0 Å². The van der Waals surface area contributed by atoms with E-state index < -0.39 is 0 Å². The van der Waals surface area contributed by atoms with Crippen LogP contribution in [-0.4, -0.2) is 61.9 Å². The Labute approximate surface area is 190 Å². The zero-order chi connectivity index (χ0) is 22.3. The number of aryl methyl sites for hydroxylation is 1. The van der Waals surface area contributed by atoms with Crippen molar-refractivity contribution in [2.24, 2.45) is 7.05 Å². The van der Waals surface area contributed by atoms with Crippen LogP contribution in [0.2, 0.25) is 0 Å². The standard InChI is InChI=1S/C26H33N3O3/c1-28-19-24(22-6-3-4-7-25(22)28)23(20-8-10-21(31-2)11-9-20)18-26(30)27-12-5-13-29-14-16-32-17-15-29/h3-4,6-11,19,23H,5,12-18H2,1-2H3,(H,27,30). The SMILES string of the molecule is COc1ccc(C(CC(=O)NCCCN2CCOCC2)c2cn(C)c3ccccc23)cc1. The Morgan fingerprint density at radius 2 is 1.88 bits per heavy atom. The topological polar surface area (TPSA) is 55.7 Å². The Kier molecular flexibility index (Phi) is 7.45. The number of morpholine rings is 1. The van der Waals surface area contributed by atoms with Crippen LogP contribution in [0.4, 0.5) is 0 Å². The van der Waals surface area contributed by atoms with Gasteiger partial charge in [0.05, 0.1) is 20.3 Å². The zero-order valence-corrected chi connectivity index (χ0v) is 19.0. The maximum Gasteiger partial charge on any atom is 0.220 e. The van der Waals surface area contributed by atoms with E-state index in [0.717, 1.165) is 50.6 Å². The number of hydrogen-bond acceptors (Lipinski definition) is 4. The molecule has 1 aliphatic rings. The molecule has 2 heterocycles. The minimum Gasteiger partial charge on any atom is -0.497 e. The van der Waals surface area contributed by atoms with E-state index in [1.165, 1.54) is 16.5 Å². The second-order valence-corrected chi connectivity index (χ2v) is 8.40. The molecule has 1 saturated heterocycles. The molecule has 170 valence electrons. The van der Waals surface area contributed by atoms with Crippen molar-refractivity contribution in [2.75, 3.05) is 46.5 Å². The molecule has 4 rings (SSSR count). The number of ether oxygens (including phenoxy) is 2. The molecule has 2 aromatic carbocycles. The van der Waals surface area contributed by atoms with Crippen LogP contribution >= 0.6 is 0 Å². The van der Waals surface area contributed by atoms with Gasteiger partial charge in [0.15, 0.2) is 0 Å². The van der Waals surface area contributed by atoms with E-state index in [1.54, 1.807) is 7.11 Å². The van der Waals surface area contributed by atoms with E-state index in [4.69, 9.17) is 9.47 Å². The molecule has 1 amide bonds. The van der Waals surface area contributed by atoms with Crippen LogP contribution in [0, 0.1) is 0 Å². The van der Waals surface area contributed by atoms with E-state index >= 15 is 0 Å². The highest BCUT2D eigenvalue weighted by Crippen LogP contribution is 2.35. The molecular formula is C26H33N3O3. The van der Waals surface area contributed by atoms with Crippen molar-refractivity contribution < 1.29 is 14.3 Å². The van der Waals surface area contributed by atoms with Crippen LogP contribution in [0.25, 0.3) is 10.9 Å². The number of aromatic nitrogens is 1. The third-order valence-corrected chi connectivity index (χ3v) is 6.29. The first-order valence-corrected chi connectivity index (χ1v) is 11.4. The number of fused-ring (bicyclic) bond motifs is 1. The molecule has 0 spiro atoms. The first-order valence-electron chi connectivity index (χ1n) is 11.4. The minimum absolute atomic E-state index is 0.0220. The highest BCUT2D eigenvalue weighted by molar-refractivity contribution is 5.86. The number of carbonyl (C=O) groups excluding carboxylic acids is 1. The normalized spacial score (nSPS) is 15.6. The molecule has 6 heteroatoms. The number of methoxy groups -OCH3 is 1. The third kappa shape index (κ3) is 5.31. The Morgan fingerprint density at radius 1 is 1.12 bits per heavy atom. The van der Waals surface area contributed by atoms with Crippen molar-refractivity contribution in [2.45, 2.75) is 18.8 Å². The van der Waals surface area contributed by atoms with Gasteiger partial charge in [0.2, 0.25) is 5.91 Å². The predicted molar refractivity (Wildman–Crippen MR) is 127 cm³/mol. The Hall–Kier alpha value is -2.83. The fraction of sp³-hybridized carbons (Fsp3) is 0.423. The number of carbonyl (C=O) groups is 1. The van der Waals surface area contributed by atoms with Crippen molar-refractivity contribution >= 4 is 16.8 Å². The van der Waals surface area contributed by atoms with Gasteiger partial charge in [-0.2, -0.15) is 0 Å². The molecule has 6 nitrogen and oxygen atoms in total. The van der Waals surface area contributed by atoms with Crippen molar-refractivity contribution in [1.29, 1.82) is 0 Å². The molecular weight excluding hydrogens is 402 g/mol. The summed E-state index contributed by atoms with van der Waals surface area (Å²) in [6.45, 7) is 5.26. The largest absolute Gasteiger partial charge is 0.497 e. The minimum atomic E-state index is -0.0220. The highest BCUT2D eigenvalue weighted by atomic mass is 16.5. The van der Waals surface area contributed by atoms with Gasteiger partial charge in [-0.05, 0) is 42.3 Å². The fourth-order valence-electron chi connectivity index (χ4n) is 4.51. The van der Waals surface area contributed by atoms with Gasteiger partial charge >= 0.3 is 0 Å². The predicted octanol–water partition coefficient (Wildman–Crippen LogP) is 3.55. The molecule has 32 heavy (non-hydrogen) atoms. The van der Waals surface area contributed by atoms with Crippen LogP contribution in [0.1, 0.15) is 29.9 Å². The number of nitrogens with one attached hydrogen (secondary N) is 1. The highest BCUT2D eigenvalue weighted by Gasteiger charge is 2.22. The molecule has 1 N–H and O–H groups in total. The van der Waals surface area contributed by atoms with Gasteiger partial charge in [0.25, 0.3) is 0 Å². The number of benzene rings is 2. The third-order valence-electron chi connectivity index (χ3n) is 6.29. The quantitative estimate of drug-likeness (QED) is 0.523. The average molecular weight is 436 g/mol. The van der Waals surface area contributed by atoms with Crippen molar-refractivity contribution in [1.82, 2.24) is 14.8 Å². The van der Waals surface area contributed by atoms with Crippen molar-refractivity contribution in [3.05, 3.63) is 65.9 Å². The van der Waals surface area contributed by atoms with E-state index in [0.29, 0.717) is 13.0 Å². The van der Waals surface area contributed by atoms with Gasteiger partial charge < -0.3 is 19.4 Å². The van der Waals surface area contributed by atoms with Gasteiger partial charge in [-0.1, -0.05) is 30.3 Å². The second kappa shape index (κ2) is 10.7. The molecule has 0 saturated carbocycles. The average Bonchev–Trinajstić information content (AvgIpc) is 3.17. The van der Waals surface area contributed by atoms with Crippen molar-refractivity contribution in [3.8, 4) is 5.75 Å². The van der Waals surface area contributed by atoms with Crippen LogP contribution in [0.3, 0.4) is 0 Å². The van der Waals surface area contributed by atoms with Gasteiger partial charge in [0, 0.05) is 56.1 Å². The number of hydrogen-bond donors (Lipinski definition) is 1. The molecule has 3 aromatic rings. The zero-order valence-electron chi connectivity index (χ0n) is 19.0. The molecule has 1 aliphatic heterocycles. The Morgan fingerprint density at radius 3 is 2.62 bits per heavy atom. The summed E-state index contributed by atoms with van der Waals surface area (Å²) in [5.41, 5.74) is 3.47. The lowest BCUT2D eigenvalue weighted by Gasteiger charge is -2.26. The first kappa shape index (κ1) is 22.4. The summed E-state index contributed by atoms with van der Waals surface area (Å²) in [6, 6.07) is 16.4. The van der Waals surface area contributed by atoms with E-state index in [9.17, 15) is 4.79 Å².